The van der Waals surface area contributed by atoms with E-state index in [9.17, 15) is 13.2 Å². The molecule has 1 aliphatic rings. The lowest BCUT2D eigenvalue weighted by molar-refractivity contribution is -0.115. The van der Waals surface area contributed by atoms with E-state index in [1.54, 1.807) is 36.4 Å². The molecule has 1 heterocycles. The topological polar surface area (TPSA) is 84.8 Å². The second-order valence-electron chi connectivity index (χ2n) is 6.99. The van der Waals surface area contributed by atoms with Crippen LogP contribution in [0.1, 0.15) is 11.1 Å². The zero-order valence-electron chi connectivity index (χ0n) is 17.1. The lowest BCUT2D eigenvalue weighted by Gasteiger charge is -2.10. The van der Waals surface area contributed by atoms with E-state index in [0.29, 0.717) is 31.4 Å². The normalized spacial score (nSPS) is 16.3. The van der Waals surface area contributed by atoms with Gasteiger partial charge in [-0.25, -0.2) is 4.99 Å². The summed E-state index contributed by atoms with van der Waals surface area (Å²) in [5.41, 5.74) is 1.88. The number of rotatable bonds is 5. The van der Waals surface area contributed by atoms with Gasteiger partial charge in [-0.1, -0.05) is 40.9 Å². The Labute approximate surface area is 205 Å². The molecule has 1 N–H and O–H groups in total. The highest BCUT2D eigenvalue weighted by Crippen LogP contribution is 2.33. The van der Waals surface area contributed by atoms with E-state index in [1.807, 2.05) is 6.92 Å². The number of amides is 1. The van der Waals surface area contributed by atoms with E-state index < -0.39 is 10.1 Å². The Morgan fingerprint density at radius 1 is 0.970 bits per heavy atom. The summed E-state index contributed by atoms with van der Waals surface area (Å²) in [6.45, 7) is 1.86. The number of aryl methyl sites for hydroxylation is 1. The number of carbonyl (C=O) groups is 1. The summed E-state index contributed by atoms with van der Waals surface area (Å²) in [5.74, 6) is -0.330. The summed E-state index contributed by atoms with van der Waals surface area (Å²) in [6.07, 6.45) is 1.51. The van der Waals surface area contributed by atoms with Crippen molar-refractivity contribution in [2.45, 2.75) is 11.8 Å². The van der Waals surface area contributed by atoms with E-state index in [2.05, 4.69) is 10.3 Å². The highest BCUT2D eigenvalue weighted by molar-refractivity contribution is 8.18. The van der Waals surface area contributed by atoms with Crippen molar-refractivity contribution in [2.24, 2.45) is 4.99 Å². The van der Waals surface area contributed by atoms with Crippen molar-refractivity contribution in [3.63, 3.8) is 0 Å². The van der Waals surface area contributed by atoms with Crippen LogP contribution in [0.3, 0.4) is 0 Å². The molecular weight excluding hydrogens is 503 g/mol. The molecule has 168 valence electrons. The number of amidine groups is 1. The van der Waals surface area contributed by atoms with Crippen LogP contribution in [0.2, 0.25) is 10.0 Å². The minimum Gasteiger partial charge on any atom is -0.378 e. The number of benzene rings is 3. The molecule has 1 amide bonds. The summed E-state index contributed by atoms with van der Waals surface area (Å²) in [7, 11) is -4.08. The first-order valence-electron chi connectivity index (χ1n) is 9.55. The van der Waals surface area contributed by atoms with Crippen molar-refractivity contribution in [1.29, 1.82) is 0 Å². The molecule has 10 heteroatoms. The van der Waals surface area contributed by atoms with Gasteiger partial charge in [0.05, 0.1) is 10.6 Å². The van der Waals surface area contributed by atoms with E-state index in [-0.39, 0.29) is 16.6 Å². The average Bonchev–Trinajstić information content (AvgIpc) is 3.10. The van der Waals surface area contributed by atoms with E-state index in [4.69, 9.17) is 27.4 Å². The maximum absolute atomic E-state index is 12.7. The number of thioether (sulfide) groups is 1. The van der Waals surface area contributed by atoms with Crippen LogP contribution in [0.4, 0.5) is 5.69 Å². The van der Waals surface area contributed by atoms with Gasteiger partial charge in [0.25, 0.3) is 5.91 Å². The Bertz CT molecular complexity index is 1380. The van der Waals surface area contributed by atoms with E-state index >= 15 is 0 Å². The first-order valence-corrected chi connectivity index (χ1v) is 12.5. The SMILES string of the molecule is Cc1ccc(S(=O)(=O)Oc2ccc(Cl)cc2/C=C2\SC(=Nc3ccc(Cl)cc3)NC2=O)cc1. The average molecular weight is 519 g/mol. The van der Waals surface area contributed by atoms with Gasteiger partial charge in [0.1, 0.15) is 10.6 Å². The molecule has 0 atom stereocenters. The van der Waals surface area contributed by atoms with Crippen molar-refractivity contribution in [1.82, 2.24) is 5.32 Å². The quantitative estimate of drug-likeness (QED) is 0.332. The number of hydrogen-bond acceptors (Lipinski definition) is 6. The standard InChI is InChI=1S/C23H16Cl2N2O4S2/c1-14-2-9-19(10-3-14)33(29,30)31-20-11-6-17(25)12-15(20)13-21-22(28)27-23(32-21)26-18-7-4-16(24)5-8-18/h2-13H,1H3,(H,26,27,28)/b21-13-. The fraction of sp³-hybridized carbons (Fsp3) is 0.0435. The summed E-state index contributed by atoms with van der Waals surface area (Å²) >= 11 is 13.1. The van der Waals surface area contributed by atoms with Gasteiger partial charge in [0.15, 0.2) is 5.17 Å². The van der Waals surface area contributed by atoms with Crippen LogP contribution in [-0.4, -0.2) is 19.5 Å². The third-order valence-electron chi connectivity index (χ3n) is 4.48. The van der Waals surface area contributed by atoms with Crippen molar-refractivity contribution >= 4 is 67.9 Å². The van der Waals surface area contributed by atoms with Gasteiger partial charge in [0, 0.05) is 15.6 Å². The minimum atomic E-state index is -4.08. The summed E-state index contributed by atoms with van der Waals surface area (Å²) in [5, 5.41) is 4.00. The predicted molar refractivity (Wildman–Crippen MR) is 133 cm³/mol. The maximum atomic E-state index is 12.7. The molecule has 33 heavy (non-hydrogen) atoms. The van der Waals surface area contributed by atoms with E-state index in [1.165, 1.54) is 36.4 Å². The largest absolute Gasteiger partial charge is 0.378 e. The fourth-order valence-corrected chi connectivity index (χ4v) is 4.93. The van der Waals surface area contributed by atoms with Crippen LogP contribution in [0.5, 0.6) is 5.75 Å². The number of nitrogens with zero attached hydrogens (tertiary/aromatic N) is 1. The van der Waals surface area contributed by atoms with Crippen LogP contribution in [0, 0.1) is 6.92 Å². The first-order chi connectivity index (χ1) is 15.7. The van der Waals surface area contributed by atoms with Crippen LogP contribution >= 0.6 is 35.0 Å². The minimum absolute atomic E-state index is 0.0204. The van der Waals surface area contributed by atoms with Crippen molar-refractivity contribution in [2.75, 3.05) is 0 Å². The van der Waals surface area contributed by atoms with Gasteiger partial charge in [-0.05, 0) is 79.4 Å². The van der Waals surface area contributed by atoms with Gasteiger partial charge in [0.2, 0.25) is 0 Å². The fourth-order valence-electron chi connectivity index (χ4n) is 2.83. The smallest absolute Gasteiger partial charge is 0.339 e. The lowest BCUT2D eigenvalue weighted by Crippen LogP contribution is -2.19. The molecule has 3 aromatic carbocycles. The van der Waals surface area contributed by atoms with Gasteiger partial charge in [-0.15, -0.1) is 0 Å². The zero-order valence-corrected chi connectivity index (χ0v) is 20.2. The number of nitrogens with one attached hydrogen (secondary N) is 1. The predicted octanol–water partition coefficient (Wildman–Crippen LogP) is 5.96. The molecule has 4 rings (SSSR count). The van der Waals surface area contributed by atoms with Crippen LogP contribution in [0.15, 0.2) is 81.5 Å². The van der Waals surface area contributed by atoms with Crippen LogP contribution in [0.25, 0.3) is 6.08 Å². The van der Waals surface area contributed by atoms with Gasteiger partial charge < -0.3 is 9.50 Å². The molecule has 0 aromatic heterocycles. The molecule has 1 fully saturated rings. The maximum Gasteiger partial charge on any atom is 0.339 e. The van der Waals surface area contributed by atoms with Crippen molar-refractivity contribution < 1.29 is 17.4 Å². The van der Waals surface area contributed by atoms with E-state index in [0.717, 1.165) is 17.3 Å². The monoisotopic (exact) mass is 518 g/mol. The first kappa shape index (κ1) is 23.4. The molecule has 6 nitrogen and oxygen atoms in total. The summed E-state index contributed by atoms with van der Waals surface area (Å²) in [6, 6.07) is 17.6. The summed E-state index contributed by atoms with van der Waals surface area (Å²) < 4.78 is 30.9. The molecule has 0 unspecified atom stereocenters. The van der Waals surface area contributed by atoms with Crippen molar-refractivity contribution in [3.8, 4) is 5.75 Å². The number of hydrogen-bond donors (Lipinski definition) is 1. The van der Waals surface area contributed by atoms with Gasteiger partial charge in [-0.3, -0.25) is 4.79 Å². The Morgan fingerprint density at radius 2 is 1.64 bits per heavy atom. The lowest BCUT2D eigenvalue weighted by atomic mass is 10.2. The third kappa shape index (κ3) is 5.78. The highest BCUT2D eigenvalue weighted by atomic mass is 35.5. The van der Waals surface area contributed by atoms with Gasteiger partial charge in [-0.2, -0.15) is 8.42 Å². The molecule has 0 radical (unpaired) electrons. The van der Waals surface area contributed by atoms with Gasteiger partial charge >= 0.3 is 10.1 Å². The number of aliphatic imine (C=N–C) groups is 1. The molecule has 0 aliphatic carbocycles. The molecule has 0 saturated carbocycles. The highest BCUT2D eigenvalue weighted by Gasteiger charge is 2.25. The Kier molecular flexibility index (Phi) is 6.81. The number of carbonyl (C=O) groups excluding carboxylic acids is 1. The Hall–Kier alpha value is -2.78. The Morgan fingerprint density at radius 3 is 2.33 bits per heavy atom. The third-order valence-corrected chi connectivity index (χ3v) is 7.12. The Balaban J connectivity index is 1.63. The zero-order chi connectivity index (χ0) is 23.6. The second kappa shape index (κ2) is 9.61. The second-order valence-corrected chi connectivity index (χ2v) is 10.4. The molecule has 0 bridgehead atoms. The molecule has 3 aromatic rings. The molecule has 0 spiro atoms. The van der Waals surface area contributed by atoms with Crippen LogP contribution in [-0.2, 0) is 14.9 Å². The summed E-state index contributed by atoms with van der Waals surface area (Å²) in [4.78, 5) is 17.2. The molecule has 1 saturated heterocycles. The van der Waals surface area contributed by atoms with Crippen molar-refractivity contribution in [3.05, 3.63) is 92.8 Å². The molecular formula is C23H16Cl2N2O4S2. The molecule has 1 aliphatic heterocycles. The van der Waals surface area contributed by atoms with Crippen LogP contribution < -0.4 is 9.50 Å². The number of halogens is 2.